The summed E-state index contributed by atoms with van der Waals surface area (Å²) in [4.78, 5) is 18.0. The van der Waals surface area contributed by atoms with Gasteiger partial charge in [0.05, 0.1) is 62.2 Å². The zero-order valence-corrected chi connectivity index (χ0v) is 54.0. The Balaban J connectivity index is 1.45. The number of nitrogens with zero attached hydrogens (tertiary/aromatic N) is 1. The maximum atomic E-state index is 13.1. The summed E-state index contributed by atoms with van der Waals surface area (Å²) in [6, 6.07) is 31.7. The molecule has 16 heteroatoms. The number of aliphatic hydroxyl groups excluding tert-OH is 1. The molecule has 14 nitrogen and oxygen atoms in total. The minimum atomic E-state index is -3.19. The van der Waals surface area contributed by atoms with Crippen LogP contribution in [0, 0.1) is 17.3 Å². The fourth-order valence-corrected chi connectivity index (χ4v) is 18.8. The number of hydrogen-bond acceptors (Lipinski definition) is 14. The van der Waals surface area contributed by atoms with E-state index >= 15 is 0 Å². The number of rotatable bonds is 32. The van der Waals surface area contributed by atoms with Crippen LogP contribution in [0.4, 0.5) is 0 Å². The number of hydrogen-bond donors (Lipinski definition) is 1. The van der Waals surface area contributed by atoms with Crippen LogP contribution in [0.2, 0.25) is 23.2 Å². The van der Waals surface area contributed by atoms with Crippen molar-refractivity contribution in [1.82, 2.24) is 4.98 Å². The number of ether oxygens (including phenoxy) is 8. The van der Waals surface area contributed by atoms with Gasteiger partial charge in [-0.25, -0.2) is 4.98 Å². The maximum Gasteiger partial charge on any atom is 0.311 e. The van der Waals surface area contributed by atoms with E-state index in [1.807, 2.05) is 77.1 Å². The lowest BCUT2D eigenvalue weighted by Gasteiger charge is -2.49. The smallest absolute Gasteiger partial charge is 0.311 e. The second-order valence-corrected chi connectivity index (χ2v) is 33.2. The Hall–Kier alpha value is -4.31. The van der Waals surface area contributed by atoms with E-state index in [0.717, 1.165) is 45.4 Å². The van der Waals surface area contributed by atoms with Crippen molar-refractivity contribution in [2.45, 2.75) is 188 Å². The Labute approximate surface area is 487 Å². The number of carbonyl (C=O) groups excluding carboxylic acids is 1. The van der Waals surface area contributed by atoms with Gasteiger partial charge < -0.3 is 56.3 Å². The first-order valence-electron chi connectivity index (χ1n) is 29.2. The predicted molar refractivity (Wildman–Crippen MR) is 326 cm³/mol. The van der Waals surface area contributed by atoms with Crippen molar-refractivity contribution >= 4 is 39.1 Å². The van der Waals surface area contributed by atoms with Gasteiger partial charge in [-0.3, -0.25) is 4.79 Å². The minimum Gasteiger partial charge on any atom is -0.497 e. The molecule has 0 saturated carbocycles. The number of methoxy groups -OCH3 is 4. The van der Waals surface area contributed by atoms with Crippen LogP contribution in [-0.4, -0.2) is 124 Å². The van der Waals surface area contributed by atoms with Crippen molar-refractivity contribution in [2.24, 2.45) is 17.3 Å². The molecule has 4 aromatic rings. The van der Waals surface area contributed by atoms with Gasteiger partial charge in [-0.15, -0.1) is 0 Å². The second kappa shape index (κ2) is 31.0. The number of carbonyl (C=O) groups is 1. The van der Waals surface area contributed by atoms with Crippen molar-refractivity contribution < 1.29 is 61.1 Å². The topological polar surface area (TPSA) is 156 Å². The molecule has 1 saturated heterocycles. The summed E-state index contributed by atoms with van der Waals surface area (Å²) in [5.41, 5.74) is 2.46. The molecule has 1 fully saturated rings. The highest BCUT2D eigenvalue weighted by atomic mass is 28.4. The first kappa shape index (κ1) is 67.5. The van der Waals surface area contributed by atoms with Crippen LogP contribution in [0.15, 0.2) is 113 Å². The first-order valence-corrected chi connectivity index (χ1v) is 33.6. The molecule has 0 radical (unpaired) electrons. The Bertz CT molecular complexity index is 2490. The molecule has 1 aliphatic heterocycles. The summed E-state index contributed by atoms with van der Waals surface area (Å²) < 4.78 is 70.6. The van der Waals surface area contributed by atoms with Crippen LogP contribution in [0.3, 0.4) is 0 Å². The molecule has 81 heavy (non-hydrogen) atoms. The lowest BCUT2D eigenvalue weighted by Crippen LogP contribution is -2.69. The van der Waals surface area contributed by atoms with Gasteiger partial charge in [-0.05, 0) is 110 Å². The summed E-state index contributed by atoms with van der Waals surface area (Å²) in [7, 11) is 1.24. The summed E-state index contributed by atoms with van der Waals surface area (Å²) in [5, 5.41) is 14.2. The zero-order valence-electron chi connectivity index (χ0n) is 52.0. The van der Waals surface area contributed by atoms with E-state index in [4.69, 9.17) is 56.1 Å². The van der Waals surface area contributed by atoms with Crippen LogP contribution in [0.25, 0.3) is 6.08 Å². The highest BCUT2D eigenvalue weighted by Crippen LogP contribution is 2.42. The van der Waals surface area contributed by atoms with Gasteiger partial charge in [0.2, 0.25) is 0 Å². The minimum absolute atomic E-state index is 0.0862. The molecule has 450 valence electrons. The Kier molecular flexibility index (Phi) is 25.8. The van der Waals surface area contributed by atoms with Crippen LogP contribution in [0.1, 0.15) is 126 Å². The van der Waals surface area contributed by atoms with Gasteiger partial charge in [-0.2, -0.15) is 0 Å². The molecule has 9 atom stereocenters. The van der Waals surface area contributed by atoms with E-state index in [1.54, 1.807) is 34.7 Å². The van der Waals surface area contributed by atoms with E-state index < -0.39 is 46.1 Å². The van der Waals surface area contributed by atoms with Gasteiger partial charge in [0, 0.05) is 52.6 Å². The monoisotopic (exact) mass is 1160 g/mol. The fourth-order valence-electron chi connectivity index (χ4n) is 11.2. The van der Waals surface area contributed by atoms with E-state index in [1.165, 1.54) is 0 Å². The number of oxazole rings is 1. The predicted octanol–water partition coefficient (Wildman–Crippen LogP) is 12.3. The molecule has 0 unspecified atom stereocenters. The number of benzene rings is 3. The highest BCUT2D eigenvalue weighted by molar-refractivity contribution is 6.99. The SMILES string of the molecule is CC[Si](CC)(CC)O[C@@H]([C@@H](C)[C@@H](CCOCc1ccc(OC)cc1)OCOC)[C@@H](C)[C@@H](O)/C(C)=C/c1coc(C[C@]2(OC)C[C@H](OC)C[C@H]([C@@H](/C=C(\C)COC(=O)C(C)(C)C)O[Si](c3ccccc3)(c3ccccc3)C(C)(C)C)O2)n1. The average molecular weight is 1160 g/mol. The molecule has 1 N–H and O–H groups in total. The fraction of sp³-hybridized carbons (Fsp3) is 0.600. The van der Waals surface area contributed by atoms with Gasteiger partial charge in [-0.1, -0.05) is 134 Å². The summed E-state index contributed by atoms with van der Waals surface area (Å²) in [6.07, 6.45) is 4.13. The van der Waals surface area contributed by atoms with Gasteiger partial charge in [0.1, 0.15) is 31.1 Å². The zero-order chi connectivity index (χ0) is 59.6. The second-order valence-electron chi connectivity index (χ2n) is 24.2. The molecule has 0 spiro atoms. The quantitative estimate of drug-likeness (QED) is 0.0162. The summed E-state index contributed by atoms with van der Waals surface area (Å²) in [6.45, 7) is 28.2. The number of esters is 1. The van der Waals surface area contributed by atoms with Crippen LogP contribution in [0.5, 0.6) is 5.75 Å². The largest absolute Gasteiger partial charge is 0.497 e. The van der Waals surface area contributed by atoms with Gasteiger partial charge in [0.25, 0.3) is 8.32 Å². The molecule has 1 aliphatic rings. The van der Waals surface area contributed by atoms with E-state index in [-0.39, 0.29) is 61.0 Å². The third-order valence-electron chi connectivity index (χ3n) is 16.3. The van der Waals surface area contributed by atoms with E-state index in [2.05, 4.69) is 110 Å². The lowest BCUT2D eigenvalue weighted by atomic mass is 9.83. The lowest BCUT2D eigenvalue weighted by molar-refractivity contribution is -0.297. The molecule has 0 bridgehead atoms. The molecule has 0 amide bonds. The summed E-state index contributed by atoms with van der Waals surface area (Å²) >= 11 is 0. The Morgan fingerprint density at radius 2 is 1.47 bits per heavy atom. The van der Waals surface area contributed by atoms with Crippen molar-refractivity contribution in [3.63, 3.8) is 0 Å². The van der Waals surface area contributed by atoms with E-state index in [9.17, 15) is 9.90 Å². The van der Waals surface area contributed by atoms with E-state index in [0.29, 0.717) is 49.6 Å². The molecular weight excluding hydrogens is 1060 g/mol. The molecule has 0 aliphatic carbocycles. The normalized spacial score (nSPS) is 20.1. The molecule has 5 rings (SSSR count). The molecule has 2 heterocycles. The summed E-state index contributed by atoms with van der Waals surface area (Å²) in [5.74, 6) is -0.802. The van der Waals surface area contributed by atoms with Gasteiger partial charge >= 0.3 is 5.97 Å². The van der Waals surface area contributed by atoms with Crippen molar-refractivity contribution in [3.05, 3.63) is 126 Å². The third kappa shape index (κ3) is 18.1. The Morgan fingerprint density at radius 3 is 2.00 bits per heavy atom. The Morgan fingerprint density at radius 1 is 0.852 bits per heavy atom. The van der Waals surface area contributed by atoms with Crippen molar-refractivity contribution in [2.75, 3.05) is 48.4 Å². The molecule has 3 aromatic carbocycles. The number of aromatic nitrogens is 1. The standard InChI is InChI=1S/C65H99NO13Si2/c1-18-80(19-2,20-3)79-61(48(6)56(76-45-69-14)35-36-73-43-50-31-33-52(70-15)34-32-50)49(7)60(67)47(5)38-51-44-74-59(66-51)41-65(72-17)40-53(71-16)39-57(77-65)58(37-46(4)42-75-62(68)63(8,9)10)78-81(64(11,12)13,54-27-23-21-24-28-54)55-29-25-22-26-30-55/h21-34,37-38,44,48-49,53,56-58,60-61,67H,18-20,35-36,39-43,45H2,1-17H3/b46-37+,47-38+/t48-,49-,53+,56+,57+,58+,60-,61-,65-/m0/s1. The van der Waals surface area contributed by atoms with Gasteiger partial charge in [0.15, 0.2) is 20.0 Å². The average Bonchev–Trinajstić information content (AvgIpc) is 4.07. The van der Waals surface area contributed by atoms with Crippen molar-refractivity contribution in [3.8, 4) is 5.75 Å². The number of aliphatic hydroxyl groups is 1. The molecular formula is C65H99NO13Si2. The first-order chi connectivity index (χ1) is 38.5. The van der Waals surface area contributed by atoms with Crippen LogP contribution < -0.4 is 15.1 Å². The van der Waals surface area contributed by atoms with Crippen LogP contribution in [-0.2, 0) is 59.8 Å². The van der Waals surface area contributed by atoms with Crippen LogP contribution >= 0.6 is 0 Å². The molecule has 1 aromatic heterocycles. The van der Waals surface area contributed by atoms with Crippen molar-refractivity contribution in [1.29, 1.82) is 0 Å². The third-order valence-corrected chi connectivity index (χ3v) is 26.0. The maximum absolute atomic E-state index is 13.1. The highest BCUT2D eigenvalue weighted by Gasteiger charge is 2.54.